The van der Waals surface area contributed by atoms with Crippen molar-refractivity contribution in [1.29, 1.82) is 0 Å². The Kier molecular flexibility index (Phi) is 4.49. The zero-order valence-electron chi connectivity index (χ0n) is 18.6. The van der Waals surface area contributed by atoms with Crippen LogP contribution >= 0.6 is 15.9 Å². The third-order valence-corrected chi connectivity index (χ3v) is 12.8. The predicted molar refractivity (Wildman–Crippen MR) is 138 cm³/mol. The normalized spacial score (nSPS) is 22.6. The van der Waals surface area contributed by atoms with E-state index in [0.717, 1.165) is 0 Å². The average Bonchev–Trinajstić information content (AvgIpc) is 3.29. The molecule has 0 nitrogen and oxygen atoms in total. The van der Waals surface area contributed by atoms with Gasteiger partial charge in [-0.3, -0.25) is 0 Å². The Morgan fingerprint density at radius 1 is 0.871 bits per heavy atom. The van der Waals surface area contributed by atoms with Crippen LogP contribution in [0.3, 0.4) is 0 Å². The lowest BCUT2D eigenvalue weighted by Gasteiger charge is -2.36. The van der Waals surface area contributed by atoms with Gasteiger partial charge in [-0.2, -0.15) is 0 Å². The summed E-state index contributed by atoms with van der Waals surface area (Å²) in [7, 11) is -1.87. The summed E-state index contributed by atoms with van der Waals surface area (Å²) in [5.41, 5.74) is 12.9. The summed E-state index contributed by atoms with van der Waals surface area (Å²) in [6, 6.07) is 18.3. The van der Waals surface area contributed by atoms with Crippen molar-refractivity contribution in [1.82, 2.24) is 0 Å². The van der Waals surface area contributed by atoms with Gasteiger partial charge in [0, 0.05) is 15.9 Å². The van der Waals surface area contributed by atoms with Gasteiger partial charge in [0.05, 0.1) is 8.07 Å². The van der Waals surface area contributed by atoms with Gasteiger partial charge in [-0.05, 0) is 72.1 Å². The van der Waals surface area contributed by atoms with Crippen LogP contribution in [0.4, 0.5) is 0 Å². The van der Waals surface area contributed by atoms with Gasteiger partial charge in [-0.15, -0.1) is 0 Å². The molecule has 0 amide bonds. The number of allylic oxidation sites excluding steroid dienone is 8. The van der Waals surface area contributed by atoms with Crippen molar-refractivity contribution in [2.24, 2.45) is 5.92 Å². The molecule has 1 unspecified atom stereocenters. The summed E-state index contributed by atoms with van der Waals surface area (Å²) in [6.07, 6.45) is 10.3. The van der Waals surface area contributed by atoms with Crippen LogP contribution in [0.1, 0.15) is 49.3 Å². The minimum absolute atomic E-state index is 0.512. The average molecular weight is 486 g/mol. The molecule has 0 bridgehead atoms. The first-order valence-electron chi connectivity index (χ1n) is 11.7. The number of benzene rings is 2. The highest BCUT2D eigenvalue weighted by molar-refractivity contribution is 9.12. The molecule has 0 N–H and O–H groups in total. The molecule has 0 spiro atoms. The molecular formula is C29H29BrSi. The molecule has 0 aliphatic heterocycles. The summed E-state index contributed by atoms with van der Waals surface area (Å²) in [6.45, 7) is 7.61. The quantitative estimate of drug-likeness (QED) is 0.374. The fourth-order valence-corrected chi connectivity index (χ4v) is 12.1. The Balaban J connectivity index is 1.55. The lowest BCUT2D eigenvalue weighted by molar-refractivity contribution is 0.637. The van der Waals surface area contributed by atoms with Crippen molar-refractivity contribution in [3.63, 3.8) is 0 Å². The maximum Gasteiger partial charge on any atom is 0.0935 e. The van der Waals surface area contributed by atoms with Gasteiger partial charge < -0.3 is 0 Å². The Hall–Kier alpha value is -1.90. The van der Waals surface area contributed by atoms with E-state index in [2.05, 4.69) is 96.6 Å². The maximum absolute atomic E-state index is 3.98. The minimum atomic E-state index is -1.87. The number of halogens is 1. The predicted octanol–water partition coefficient (Wildman–Crippen LogP) is 8.62. The highest BCUT2D eigenvalue weighted by atomic mass is 79.9. The van der Waals surface area contributed by atoms with Gasteiger partial charge in [0.2, 0.25) is 0 Å². The van der Waals surface area contributed by atoms with E-state index in [0.29, 0.717) is 11.5 Å². The fraction of sp³-hybridized carbons (Fsp3) is 0.310. The molecule has 0 aromatic heterocycles. The Morgan fingerprint density at radius 2 is 1.48 bits per heavy atom. The molecule has 31 heavy (non-hydrogen) atoms. The van der Waals surface area contributed by atoms with Crippen LogP contribution in [0, 0.1) is 5.92 Å². The highest BCUT2D eigenvalue weighted by Gasteiger charge is 2.47. The van der Waals surface area contributed by atoms with Gasteiger partial charge in [0.25, 0.3) is 0 Å². The molecule has 156 valence electrons. The van der Waals surface area contributed by atoms with Gasteiger partial charge in [-0.25, -0.2) is 0 Å². The van der Waals surface area contributed by atoms with E-state index in [1.807, 2.05) is 0 Å². The van der Waals surface area contributed by atoms with E-state index in [-0.39, 0.29) is 0 Å². The van der Waals surface area contributed by atoms with Crippen LogP contribution in [0.15, 0.2) is 92.7 Å². The monoisotopic (exact) mass is 484 g/mol. The molecule has 0 fully saturated rings. The Labute approximate surface area is 195 Å². The molecule has 4 aliphatic carbocycles. The Bertz CT molecular complexity index is 1190. The maximum atomic E-state index is 3.98. The molecule has 0 saturated carbocycles. The number of hydrogen-bond donors (Lipinski definition) is 0. The van der Waals surface area contributed by atoms with E-state index in [4.69, 9.17) is 0 Å². The van der Waals surface area contributed by atoms with E-state index in [1.165, 1.54) is 46.9 Å². The lowest BCUT2D eigenvalue weighted by Crippen LogP contribution is -2.38. The second kappa shape index (κ2) is 7.05. The molecule has 0 heterocycles. The topological polar surface area (TPSA) is 0 Å². The van der Waals surface area contributed by atoms with Crippen LogP contribution in [0.5, 0.6) is 0 Å². The zero-order chi connectivity index (χ0) is 21.3. The smallest absolute Gasteiger partial charge is 0.0701 e. The SMILES string of the molecule is CC1=CC2C(=C1[Si](C)(C)C1c3ccccc3-c3ccccc31)C=C(Br)C1=C2CCCC1. The summed E-state index contributed by atoms with van der Waals surface area (Å²) in [5.74, 6) is 0.519. The summed E-state index contributed by atoms with van der Waals surface area (Å²) in [4.78, 5) is 0. The van der Waals surface area contributed by atoms with Crippen LogP contribution in [-0.4, -0.2) is 8.07 Å². The molecule has 4 aliphatic rings. The van der Waals surface area contributed by atoms with Gasteiger partial charge in [0.15, 0.2) is 0 Å². The largest absolute Gasteiger partial charge is 0.0935 e. The van der Waals surface area contributed by atoms with Crippen molar-refractivity contribution in [3.8, 4) is 11.1 Å². The summed E-state index contributed by atoms with van der Waals surface area (Å²) < 4.78 is 1.35. The number of hydrogen-bond acceptors (Lipinski definition) is 0. The molecule has 2 aromatic carbocycles. The highest BCUT2D eigenvalue weighted by Crippen LogP contribution is 2.56. The molecule has 0 radical (unpaired) electrons. The third-order valence-electron chi connectivity index (χ3n) is 8.09. The molecule has 2 aromatic rings. The molecule has 2 heteroatoms. The molecule has 0 saturated heterocycles. The van der Waals surface area contributed by atoms with E-state index < -0.39 is 8.07 Å². The minimum Gasteiger partial charge on any atom is -0.0701 e. The molecule has 1 atom stereocenters. The van der Waals surface area contributed by atoms with Crippen LogP contribution in [0.25, 0.3) is 11.1 Å². The lowest BCUT2D eigenvalue weighted by atomic mass is 9.78. The van der Waals surface area contributed by atoms with Crippen LogP contribution in [-0.2, 0) is 0 Å². The summed E-state index contributed by atoms with van der Waals surface area (Å²) in [5, 5.41) is 1.70. The second-order valence-electron chi connectivity index (χ2n) is 10.2. The first-order chi connectivity index (χ1) is 15.0. The number of fused-ring (bicyclic) bond motifs is 5. The Morgan fingerprint density at radius 3 is 2.16 bits per heavy atom. The first kappa shape index (κ1) is 19.8. The third kappa shape index (κ3) is 2.77. The van der Waals surface area contributed by atoms with Crippen molar-refractivity contribution < 1.29 is 0 Å². The van der Waals surface area contributed by atoms with Crippen molar-refractivity contribution >= 4 is 24.0 Å². The first-order valence-corrected chi connectivity index (χ1v) is 15.6. The van der Waals surface area contributed by atoms with Crippen molar-refractivity contribution in [3.05, 3.63) is 104 Å². The van der Waals surface area contributed by atoms with Gasteiger partial charge >= 0.3 is 0 Å². The van der Waals surface area contributed by atoms with E-state index in [9.17, 15) is 0 Å². The van der Waals surface area contributed by atoms with Crippen molar-refractivity contribution in [2.45, 2.75) is 51.2 Å². The fourth-order valence-electron chi connectivity index (χ4n) is 6.98. The standard InChI is InChI=1S/C29H29BrSi/c1-18-16-25-21-12-4-7-13-22(21)27(30)17-26(25)28(18)31(2,3)29-23-14-8-5-10-19(23)20-11-6-9-15-24(20)29/h5-6,8-11,14-17,25,29H,4,7,12-13H2,1-3H3. The van der Waals surface area contributed by atoms with E-state index >= 15 is 0 Å². The van der Waals surface area contributed by atoms with E-state index in [1.54, 1.807) is 33.0 Å². The molecular weight excluding hydrogens is 456 g/mol. The van der Waals surface area contributed by atoms with Crippen molar-refractivity contribution in [2.75, 3.05) is 0 Å². The number of rotatable bonds is 2. The molecule has 6 rings (SSSR count). The van der Waals surface area contributed by atoms with Crippen LogP contribution in [0.2, 0.25) is 13.1 Å². The second-order valence-corrected chi connectivity index (χ2v) is 15.6. The summed E-state index contributed by atoms with van der Waals surface area (Å²) >= 11 is 3.98. The van der Waals surface area contributed by atoms with Gasteiger partial charge in [-0.1, -0.05) is 100.0 Å². The van der Waals surface area contributed by atoms with Gasteiger partial charge in [0.1, 0.15) is 0 Å². The zero-order valence-corrected chi connectivity index (χ0v) is 21.2. The van der Waals surface area contributed by atoms with Crippen LogP contribution < -0.4 is 0 Å².